The lowest BCUT2D eigenvalue weighted by Gasteiger charge is -2.29. The summed E-state index contributed by atoms with van der Waals surface area (Å²) in [5.41, 5.74) is 17.1. The molecule has 0 saturated carbocycles. The molecule has 0 aromatic heterocycles. The van der Waals surface area contributed by atoms with E-state index in [-0.39, 0.29) is 5.41 Å². The van der Waals surface area contributed by atoms with Crippen LogP contribution in [0, 0.1) is 0 Å². The minimum atomic E-state index is 0.113. The monoisotopic (exact) mass is 748 g/mol. The highest BCUT2D eigenvalue weighted by Gasteiger charge is 2.46. The van der Waals surface area contributed by atoms with E-state index in [0.717, 1.165) is 29.9 Å². The van der Waals surface area contributed by atoms with Crippen LogP contribution in [0.1, 0.15) is 55.6 Å². The molecule has 6 aromatic rings. The van der Waals surface area contributed by atoms with Gasteiger partial charge in [0.25, 0.3) is 0 Å². The van der Waals surface area contributed by atoms with Crippen molar-refractivity contribution in [2.45, 2.75) is 35.3 Å². The summed E-state index contributed by atoms with van der Waals surface area (Å²) in [4.78, 5) is 0. The van der Waals surface area contributed by atoms with Gasteiger partial charge < -0.3 is 0 Å². The Morgan fingerprint density at radius 2 is 0.917 bits per heavy atom. The number of alkyl halides is 2. The van der Waals surface area contributed by atoms with Gasteiger partial charge in [-0.3, -0.25) is 0 Å². The Bertz CT molecular complexity index is 2020. The smallest absolute Gasteiger partial charge is 0.0295 e. The molecule has 0 saturated heterocycles. The highest BCUT2D eigenvalue weighted by Crippen LogP contribution is 2.54. The van der Waals surface area contributed by atoms with Crippen molar-refractivity contribution in [1.82, 2.24) is 0 Å². The van der Waals surface area contributed by atoms with Crippen LogP contribution in [0.2, 0.25) is 0 Å². The van der Waals surface area contributed by atoms with Gasteiger partial charge in [0.1, 0.15) is 0 Å². The molecule has 0 radical (unpaired) electrons. The predicted octanol–water partition coefficient (Wildman–Crippen LogP) is 12.5. The molecule has 3 aliphatic rings. The van der Waals surface area contributed by atoms with E-state index in [9.17, 15) is 0 Å². The Kier molecular flexibility index (Phi) is 10.0. The molecule has 0 N–H and O–H groups in total. The summed E-state index contributed by atoms with van der Waals surface area (Å²) in [5, 5.41) is 1.88. The first-order valence-corrected chi connectivity index (χ1v) is 18.9. The summed E-state index contributed by atoms with van der Waals surface area (Å²) < 4.78 is 0. The zero-order chi connectivity index (χ0) is 32.8. The van der Waals surface area contributed by atoms with E-state index in [0.29, 0.717) is 0 Å². The van der Waals surface area contributed by atoms with E-state index < -0.39 is 0 Å². The van der Waals surface area contributed by atoms with E-state index in [1.54, 1.807) is 0 Å². The van der Waals surface area contributed by atoms with Gasteiger partial charge in [0.2, 0.25) is 0 Å². The van der Waals surface area contributed by atoms with Crippen LogP contribution in [0.4, 0.5) is 0 Å². The normalized spacial score (nSPS) is 14.4. The molecule has 0 fully saturated rings. The van der Waals surface area contributed by atoms with Gasteiger partial charge in [0, 0.05) is 16.1 Å². The molecular weight excluding hydrogens is 712 g/mol. The van der Waals surface area contributed by atoms with Crippen LogP contribution in [0.25, 0.3) is 23.3 Å². The molecule has 9 rings (SSSR count). The lowest BCUT2D eigenvalue weighted by Crippen LogP contribution is -2.26. The fraction of sp³-hybridized carbons (Fsp3) is 0.130. The predicted molar refractivity (Wildman–Crippen MR) is 212 cm³/mol. The third-order valence-electron chi connectivity index (χ3n) is 9.80. The van der Waals surface area contributed by atoms with Crippen molar-refractivity contribution in [2.75, 3.05) is 0 Å². The lowest BCUT2D eigenvalue weighted by molar-refractivity contribution is 0.601. The zero-order valence-electron chi connectivity index (χ0n) is 27.0. The summed E-state index contributed by atoms with van der Waals surface area (Å²) in [5.74, 6) is 0. The molecule has 0 unspecified atom stereocenters. The first-order valence-electron chi connectivity index (χ1n) is 16.6. The third kappa shape index (κ3) is 6.70. The van der Waals surface area contributed by atoms with Crippen LogP contribution >= 0.6 is 31.9 Å². The summed E-state index contributed by atoms with van der Waals surface area (Å²) >= 11 is 6.86. The first kappa shape index (κ1) is 32.3. The fourth-order valence-corrected chi connectivity index (χ4v) is 8.50. The van der Waals surface area contributed by atoms with Crippen molar-refractivity contribution >= 4 is 55.2 Å². The molecule has 0 bridgehead atoms. The molecule has 6 aromatic carbocycles. The Labute approximate surface area is 302 Å². The van der Waals surface area contributed by atoms with Gasteiger partial charge >= 0.3 is 0 Å². The van der Waals surface area contributed by atoms with Crippen LogP contribution in [-0.2, 0) is 35.3 Å². The van der Waals surface area contributed by atoms with E-state index in [1.165, 1.54) is 66.8 Å². The quantitative estimate of drug-likeness (QED) is 0.157. The second-order valence-corrected chi connectivity index (χ2v) is 13.8. The molecule has 48 heavy (non-hydrogen) atoms. The number of benzene rings is 6. The van der Waals surface area contributed by atoms with Crippen LogP contribution in [0.5, 0.6) is 0 Å². The fourth-order valence-electron chi connectivity index (χ4n) is 7.41. The summed E-state index contributed by atoms with van der Waals surface area (Å²) in [6.07, 6.45) is 8.00. The van der Waals surface area contributed by atoms with Crippen LogP contribution in [0.3, 0.4) is 0 Å². The Balaban J connectivity index is 0.000000125. The van der Waals surface area contributed by atoms with Gasteiger partial charge in [-0.1, -0.05) is 196 Å². The highest BCUT2D eigenvalue weighted by molar-refractivity contribution is 9.09. The number of allylic oxidation sites excluding steroid dienone is 2. The van der Waals surface area contributed by atoms with E-state index in [1.807, 2.05) is 0 Å². The topological polar surface area (TPSA) is 0 Å². The van der Waals surface area contributed by atoms with Gasteiger partial charge in [-0.15, -0.1) is 0 Å². The molecule has 0 atom stereocenters. The Morgan fingerprint density at radius 3 is 1.50 bits per heavy atom. The van der Waals surface area contributed by atoms with Gasteiger partial charge in [-0.25, -0.2) is 0 Å². The molecule has 0 nitrogen and oxygen atoms in total. The highest BCUT2D eigenvalue weighted by atomic mass is 79.9. The number of hydrogen-bond acceptors (Lipinski definition) is 0. The number of halogens is 2. The summed E-state index contributed by atoms with van der Waals surface area (Å²) in [7, 11) is 0. The van der Waals surface area contributed by atoms with E-state index in [4.69, 9.17) is 0 Å². The van der Waals surface area contributed by atoms with Crippen molar-refractivity contribution in [3.63, 3.8) is 0 Å². The summed E-state index contributed by atoms with van der Waals surface area (Å²) in [6, 6.07) is 56.4. The largest absolute Gasteiger partial charge is 0.0876 e. The van der Waals surface area contributed by atoms with Crippen LogP contribution in [0.15, 0.2) is 158 Å². The minimum absolute atomic E-state index is 0.113. The molecule has 1 spiro atoms. The average Bonchev–Trinajstić information content (AvgIpc) is 3.86. The van der Waals surface area contributed by atoms with Crippen molar-refractivity contribution in [3.8, 4) is 0 Å². The van der Waals surface area contributed by atoms with Crippen molar-refractivity contribution in [1.29, 1.82) is 0 Å². The number of rotatable bonds is 4. The van der Waals surface area contributed by atoms with Gasteiger partial charge in [0.15, 0.2) is 0 Å². The molecule has 0 aliphatic heterocycles. The van der Waals surface area contributed by atoms with Crippen molar-refractivity contribution in [2.24, 2.45) is 0 Å². The van der Waals surface area contributed by atoms with Gasteiger partial charge in [0.05, 0.1) is 0 Å². The first-order chi connectivity index (χ1) is 23.7. The molecular formula is C46H38Br2. The molecule has 0 amide bonds. The second kappa shape index (κ2) is 14.9. The lowest BCUT2D eigenvalue weighted by atomic mass is 9.72. The second-order valence-electron chi connectivity index (χ2n) is 12.7. The maximum Gasteiger partial charge on any atom is 0.0295 e. The molecule has 3 aliphatic carbocycles. The molecule has 0 heterocycles. The van der Waals surface area contributed by atoms with Crippen LogP contribution in [-0.4, -0.2) is 0 Å². The third-order valence-corrected chi connectivity index (χ3v) is 11.0. The molecule has 2 heteroatoms. The standard InChI is InChI=1S/C23H18.C15H12.C8H8Br2/c1-2-8-17(9-3-1)22-14-18-10-6-7-13-21(18)23(22)15-19-11-4-5-12-20(19)16-23;1-2-6-12(7-3-1)15-10-13-8-4-5-9-14(13)11-15;9-5-7-3-1-2-4-8(7)6-10/h1-14H,15-16H2;1-10H,11H2;1-4H,5-6H2. The maximum atomic E-state index is 3.43. The van der Waals surface area contributed by atoms with Gasteiger partial charge in [-0.05, 0) is 92.1 Å². The number of fused-ring (bicyclic) bond motifs is 4. The van der Waals surface area contributed by atoms with Gasteiger partial charge in [-0.2, -0.15) is 0 Å². The average molecular weight is 751 g/mol. The minimum Gasteiger partial charge on any atom is -0.0876 e. The van der Waals surface area contributed by atoms with E-state index >= 15 is 0 Å². The van der Waals surface area contributed by atoms with Crippen molar-refractivity contribution < 1.29 is 0 Å². The van der Waals surface area contributed by atoms with Crippen LogP contribution < -0.4 is 0 Å². The Hall–Kier alpha value is -4.24. The summed E-state index contributed by atoms with van der Waals surface area (Å²) in [6.45, 7) is 0. The SMILES string of the molecule is BrCc1ccccc1CBr.C1=C(c2ccccc2)C2(Cc3ccccc3C2)c2ccccc21.C1=C(c2ccccc2)Cc2ccccc21. The Morgan fingerprint density at radius 1 is 0.438 bits per heavy atom. The zero-order valence-corrected chi connectivity index (χ0v) is 30.1. The van der Waals surface area contributed by atoms with Crippen molar-refractivity contribution in [3.05, 3.63) is 213 Å². The maximum absolute atomic E-state index is 3.43. The van der Waals surface area contributed by atoms with E-state index in [2.05, 4.69) is 202 Å². The number of hydrogen-bond donors (Lipinski definition) is 0. The molecule has 236 valence electrons.